The summed E-state index contributed by atoms with van der Waals surface area (Å²) in [5.74, 6) is -0.00523. The fraction of sp³-hybridized carbons (Fsp3) is 0.500. The number of carbonyl (C=O) groups excluding carboxylic acids is 1. The smallest absolute Gasteiger partial charge is 0.247 e. The lowest BCUT2D eigenvalue weighted by atomic mass is 10.7. The second-order valence-corrected chi connectivity index (χ2v) is 2.17. The fourth-order valence-corrected chi connectivity index (χ4v) is 0.867. The Labute approximate surface area is 63.7 Å². The third kappa shape index (κ3) is 2.24. The van der Waals surface area contributed by atoms with Crippen LogP contribution in [0.25, 0.3) is 0 Å². The molecular weight excluding hydrogens is 160 g/mol. The van der Waals surface area contributed by atoms with Gasteiger partial charge in [0.15, 0.2) is 5.17 Å². The summed E-state index contributed by atoms with van der Waals surface area (Å²) >= 11 is 1.45. The number of halogens is 1. The molecule has 1 amide bonds. The van der Waals surface area contributed by atoms with Crippen LogP contribution in [0.1, 0.15) is 0 Å². The van der Waals surface area contributed by atoms with Crippen molar-refractivity contribution in [3.05, 3.63) is 0 Å². The Bertz CT molecular complexity index is 148. The van der Waals surface area contributed by atoms with Gasteiger partial charge in [0.1, 0.15) is 6.54 Å². The van der Waals surface area contributed by atoms with Crippen LogP contribution >= 0.6 is 24.2 Å². The first-order chi connectivity index (χ1) is 3.83. The number of thioether (sulfide) groups is 1. The van der Waals surface area contributed by atoms with Gasteiger partial charge in [-0.3, -0.25) is 9.79 Å². The van der Waals surface area contributed by atoms with Crippen LogP contribution < -0.4 is 5.32 Å². The lowest BCUT2D eigenvalue weighted by Crippen LogP contribution is -2.21. The van der Waals surface area contributed by atoms with Crippen LogP contribution in [0.3, 0.4) is 0 Å². The molecule has 0 atom stereocenters. The van der Waals surface area contributed by atoms with Crippen molar-refractivity contribution in [3.8, 4) is 0 Å². The number of hydrogen-bond donors (Lipinski definition) is 1. The highest BCUT2D eigenvalue weighted by atomic mass is 35.5. The molecule has 0 aromatic carbocycles. The van der Waals surface area contributed by atoms with Gasteiger partial charge in [-0.1, -0.05) is 11.8 Å². The molecule has 52 valence electrons. The van der Waals surface area contributed by atoms with Crippen molar-refractivity contribution < 1.29 is 4.79 Å². The van der Waals surface area contributed by atoms with Gasteiger partial charge >= 0.3 is 0 Å². The predicted octanol–water partition coefficient (Wildman–Crippen LogP) is 0.257. The average Bonchev–Trinajstić information content (AvgIpc) is 2.14. The van der Waals surface area contributed by atoms with Crippen molar-refractivity contribution in [2.45, 2.75) is 0 Å². The highest BCUT2D eigenvalue weighted by Gasteiger charge is 2.10. The molecule has 0 bridgehead atoms. The summed E-state index contributed by atoms with van der Waals surface area (Å²) in [6, 6.07) is 0. The summed E-state index contributed by atoms with van der Waals surface area (Å²) in [5.41, 5.74) is 0. The van der Waals surface area contributed by atoms with Gasteiger partial charge in [0, 0.05) is 0 Å². The maximum atomic E-state index is 10.4. The monoisotopic (exact) mass is 166 g/mol. The molecule has 1 aliphatic heterocycles. The molecule has 1 N–H and O–H groups in total. The van der Waals surface area contributed by atoms with Gasteiger partial charge in [-0.05, 0) is 6.26 Å². The topological polar surface area (TPSA) is 41.5 Å². The van der Waals surface area contributed by atoms with Crippen molar-refractivity contribution in [1.29, 1.82) is 0 Å². The van der Waals surface area contributed by atoms with Crippen molar-refractivity contribution in [3.63, 3.8) is 0 Å². The summed E-state index contributed by atoms with van der Waals surface area (Å²) in [6.07, 6.45) is 1.88. The first-order valence-corrected chi connectivity index (χ1v) is 3.43. The zero-order chi connectivity index (χ0) is 5.98. The Hall–Kier alpha value is -0.220. The maximum Gasteiger partial charge on any atom is 0.247 e. The molecule has 1 rings (SSSR count). The van der Waals surface area contributed by atoms with Crippen LogP contribution in [0.4, 0.5) is 0 Å². The predicted molar refractivity (Wildman–Crippen MR) is 41.2 cm³/mol. The van der Waals surface area contributed by atoms with E-state index in [0.29, 0.717) is 6.54 Å². The fourth-order valence-electron chi connectivity index (χ4n) is 0.458. The summed E-state index contributed by atoms with van der Waals surface area (Å²) in [6.45, 7) is 0.302. The first-order valence-electron chi connectivity index (χ1n) is 2.21. The Morgan fingerprint density at radius 3 is 2.67 bits per heavy atom. The second kappa shape index (κ2) is 3.74. The number of carbonyl (C=O) groups is 1. The Kier molecular flexibility index (Phi) is 3.65. The number of aliphatic imine (C=N–C) groups is 1. The number of amides is 1. The van der Waals surface area contributed by atoms with Gasteiger partial charge in [-0.25, -0.2) is 0 Å². The largest absolute Gasteiger partial charge is 0.304 e. The summed E-state index contributed by atoms with van der Waals surface area (Å²) in [7, 11) is 0. The van der Waals surface area contributed by atoms with E-state index in [4.69, 9.17) is 0 Å². The highest BCUT2D eigenvalue weighted by Crippen LogP contribution is 1.98. The van der Waals surface area contributed by atoms with Crippen LogP contribution in [0.2, 0.25) is 0 Å². The van der Waals surface area contributed by atoms with E-state index in [-0.39, 0.29) is 18.3 Å². The lowest BCUT2D eigenvalue weighted by molar-refractivity contribution is -0.117. The van der Waals surface area contributed by atoms with Crippen LogP contribution in [-0.4, -0.2) is 23.9 Å². The molecule has 1 aliphatic rings. The molecule has 0 fully saturated rings. The van der Waals surface area contributed by atoms with Crippen molar-refractivity contribution >= 4 is 35.2 Å². The van der Waals surface area contributed by atoms with E-state index in [1.54, 1.807) is 0 Å². The van der Waals surface area contributed by atoms with Gasteiger partial charge in [-0.15, -0.1) is 12.4 Å². The number of nitrogens with one attached hydrogen (secondary N) is 1. The third-order valence-corrected chi connectivity index (χ3v) is 1.42. The standard InChI is InChI=1S/C4H6N2OS.ClH/c1-8-4-5-2-3(7)6-4;/h2H2,1H3,(H,5,6,7);1H. The Morgan fingerprint density at radius 2 is 2.44 bits per heavy atom. The number of amidine groups is 1. The number of rotatable bonds is 0. The minimum atomic E-state index is -0.00523. The molecule has 0 unspecified atom stereocenters. The normalized spacial score (nSPS) is 16.1. The maximum absolute atomic E-state index is 10.4. The van der Waals surface area contributed by atoms with Gasteiger partial charge in [0.25, 0.3) is 0 Å². The van der Waals surface area contributed by atoms with Gasteiger partial charge in [-0.2, -0.15) is 0 Å². The van der Waals surface area contributed by atoms with Gasteiger partial charge < -0.3 is 5.32 Å². The molecule has 0 saturated carbocycles. The van der Waals surface area contributed by atoms with Crippen molar-refractivity contribution in [2.75, 3.05) is 12.8 Å². The number of hydrogen-bond acceptors (Lipinski definition) is 3. The molecule has 0 aromatic rings. The van der Waals surface area contributed by atoms with E-state index in [1.165, 1.54) is 11.8 Å². The van der Waals surface area contributed by atoms with E-state index in [0.717, 1.165) is 5.17 Å². The lowest BCUT2D eigenvalue weighted by Gasteiger charge is -1.89. The van der Waals surface area contributed by atoms with Gasteiger partial charge in [0.2, 0.25) is 5.91 Å². The average molecular weight is 167 g/mol. The molecule has 1 heterocycles. The van der Waals surface area contributed by atoms with Crippen molar-refractivity contribution in [1.82, 2.24) is 5.32 Å². The minimum Gasteiger partial charge on any atom is -0.304 e. The van der Waals surface area contributed by atoms with Crippen LogP contribution in [-0.2, 0) is 4.79 Å². The summed E-state index contributed by atoms with van der Waals surface area (Å²) in [5, 5.41) is 3.31. The third-order valence-electron chi connectivity index (χ3n) is 0.806. The molecular formula is C4H7ClN2OS. The van der Waals surface area contributed by atoms with Crippen molar-refractivity contribution in [2.24, 2.45) is 4.99 Å². The molecule has 0 saturated heterocycles. The second-order valence-electron chi connectivity index (χ2n) is 1.37. The van der Waals surface area contributed by atoms with E-state index in [1.807, 2.05) is 6.26 Å². The van der Waals surface area contributed by atoms with Crippen LogP contribution in [0.5, 0.6) is 0 Å². The molecule has 9 heavy (non-hydrogen) atoms. The summed E-state index contributed by atoms with van der Waals surface area (Å²) < 4.78 is 0. The Morgan fingerprint density at radius 1 is 1.78 bits per heavy atom. The molecule has 0 aromatic heterocycles. The molecule has 0 spiro atoms. The number of nitrogens with zero attached hydrogens (tertiary/aromatic N) is 1. The molecule has 0 aliphatic carbocycles. The van der Waals surface area contributed by atoms with E-state index in [9.17, 15) is 4.79 Å². The molecule has 0 radical (unpaired) electrons. The SMILES string of the molecule is CSC1=NCC(=O)N1.Cl. The quantitative estimate of drug-likeness (QED) is 0.561. The zero-order valence-electron chi connectivity index (χ0n) is 4.88. The van der Waals surface area contributed by atoms with E-state index in [2.05, 4.69) is 10.3 Å². The van der Waals surface area contributed by atoms with Crippen LogP contribution in [0, 0.1) is 0 Å². The first kappa shape index (κ1) is 8.78. The zero-order valence-corrected chi connectivity index (χ0v) is 6.51. The van der Waals surface area contributed by atoms with E-state index >= 15 is 0 Å². The highest BCUT2D eigenvalue weighted by molar-refractivity contribution is 8.13. The molecule has 5 heteroatoms. The summed E-state index contributed by atoms with van der Waals surface area (Å²) in [4.78, 5) is 14.2. The van der Waals surface area contributed by atoms with Gasteiger partial charge in [0.05, 0.1) is 0 Å². The molecule has 3 nitrogen and oxygen atoms in total. The Balaban J connectivity index is 0.000000640. The van der Waals surface area contributed by atoms with E-state index < -0.39 is 0 Å². The van der Waals surface area contributed by atoms with Crippen LogP contribution in [0.15, 0.2) is 4.99 Å². The minimum absolute atomic E-state index is 0.